The van der Waals surface area contributed by atoms with Crippen LogP contribution in [-0.2, 0) is 6.42 Å². The van der Waals surface area contributed by atoms with E-state index >= 15 is 0 Å². The van der Waals surface area contributed by atoms with Gasteiger partial charge in [0.1, 0.15) is 0 Å². The zero-order chi connectivity index (χ0) is 14.4. The lowest BCUT2D eigenvalue weighted by molar-refractivity contribution is 1.09. The highest BCUT2D eigenvalue weighted by atomic mass is 14.8. The van der Waals surface area contributed by atoms with Crippen LogP contribution in [0.15, 0.2) is 47.7 Å². The Morgan fingerprint density at radius 1 is 1.15 bits per heavy atom. The van der Waals surface area contributed by atoms with Gasteiger partial charge in [0.2, 0.25) is 0 Å². The first-order chi connectivity index (χ1) is 9.72. The van der Waals surface area contributed by atoms with E-state index in [0.29, 0.717) is 0 Å². The van der Waals surface area contributed by atoms with Crippen LogP contribution in [0.5, 0.6) is 0 Å². The molecule has 0 N–H and O–H groups in total. The number of aryl methyl sites for hydroxylation is 1. The minimum absolute atomic E-state index is 0.857. The molecule has 0 unspecified atom stereocenters. The maximum Gasteiger partial charge on any atom is 0.0885 e. The van der Waals surface area contributed by atoms with E-state index in [4.69, 9.17) is 0 Å². The van der Waals surface area contributed by atoms with Gasteiger partial charge in [0, 0.05) is 24.3 Å². The Hall–Kier alpha value is -2.29. The maximum atomic E-state index is 4.39. The van der Waals surface area contributed by atoms with E-state index in [1.165, 1.54) is 11.1 Å². The zero-order valence-electron chi connectivity index (χ0n) is 12.2. The van der Waals surface area contributed by atoms with Crippen LogP contribution in [0.25, 0.3) is 5.70 Å². The summed E-state index contributed by atoms with van der Waals surface area (Å²) in [5.74, 6) is 0. The molecular formula is C17H19N3. The number of hydrogen-bond donors (Lipinski definition) is 0. The second-order valence-corrected chi connectivity index (χ2v) is 4.60. The van der Waals surface area contributed by atoms with Crippen molar-refractivity contribution in [2.45, 2.75) is 27.2 Å². The number of rotatable bonds is 4. The zero-order valence-corrected chi connectivity index (χ0v) is 12.2. The van der Waals surface area contributed by atoms with Gasteiger partial charge in [0.15, 0.2) is 0 Å². The molecule has 0 aliphatic carbocycles. The normalized spacial score (nSPS) is 12.1. The lowest BCUT2D eigenvalue weighted by Crippen LogP contribution is -1.94. The summed E-state index contributed by atoms with van der Waals surface area (Å²) in [5.41, 5.74) is 5.26. The molecule has 0 saturated heterocycles. The molecule has 2 aromatic heterocycles. The average molecular weight is 265 g/mol. The summed E-state index contributed by atoms with van der Waals surface area (Å²) in [6.45, 7) is 5.88. The number of pyridine rings is 2. The van der Waals surface area contributed by atoms with Crippen LogP contribution in [0.4, 0.5) is 0 Å². The Morgan fingerprint density at radius 2 is 2.00 bits per heavy atom. The molecule has 0 spiro atoms. The molecule has 0 bridgehead atoms. The van der Waals surface area contributed by atoms with Crippen molar-refractivity contribution in [1.82, 2.24) is 9.97 Å². The predicted octanol–water partition coefficient (Wildman–Crippen LogP) is 3.83. The Bertz CT molecular complexity index is 625. The molecule has 0 aromatic carbocycles. The van der Waals surface area contributed by atoms with E-state index < -0.39 is 0 Å². The molecule has 0 fully saturated rings. The van der Waals surface area contributed by atoms with Crippen molar-refractivity contribution in [3.8, 4) is 0 Å². The molecule has 0 atom stereocenters. The highest BCUT2D eigenvalue weighted by Gasteiger charge is 2.03. The monoisotopic (exact) mass is 265 g/mol. The Balaban J connectivity index is 2.23. The predicted molar refractivity (Wildman–Crippen MR) is 83.8 cm³/mol. The van der Waals surface area contributed by atoms with Crippen molar-refractivity contribution < 1.29 is 0 Å². The van der Waals surface area contributed by atoms with Crippen LogP contribution < -0.4 is 0 Å². The molecular weight excluding hydrogens is 246 g/mol. The van der Waals surface area contributed by atoms with Gasteiger partial charge in [-0.2, -0.15) is 0 Å². The summed E-state index contributed by atoms with van der Waals surface area (Å²) in [6.07, 6.45) is 8.37. The van der Waals surface area contributed by atoms with Crippen LogP contribution >= 0.6 is 0 Å². The maximum absolute atomic E-state index is 4.39. The molecule has 3 nitrogen and oxygen atoms in total. The lowest BCUT2D eigenvalue weighted by atomic mass is 10.1. The minimum atomic E-state index is 0.857. The molecule has 2 rings (SSSR count). The molecule has 0 amide bonds. The topological polar surface area (TPSA) is 38.1 Å². The van der Waals surface area contributed by atoms with Gasteiger partial charge in [-0.05, 0) is 56.5 Å². The van der Waals surface area contributed by atoms with Crippen LogP contribution in [0, 0.1) is 6.92 Å². The van der Waals surface area contributed by atoms with Crippen LogP contribution in [0.2, 0.25) is 0 Å². The summed E-state index contributed by atoms with van der Waals surface area (Å²) >= 11 is 0. The van der Waals surface area contributed by atoms with Crippen LogP contribution in [0.3, 0.4) is 0 Å². The first kappa shape index (κ1) is 14.1. The third-order valence-electron chi connectivity index (χ3n) is 3.01. The molecule has 0 aliphatic rings. The third-order valence-corrected chi connectivity index (χ3v) is 3.01. The molecule has 0 saturated carbocycles. The fraction of sp³-hybridized carbons (Fsp3) is 0.235. The first-order valence-electron chi connectivity index (χ1n) is 6.74. The van der Waals surface area contributed by atoms with Gasteiger partial charge in [0.05, 0.1) is 11.4 Å². The van der Waals surface area contributed by atoms with Crippen molar-refractivity contribution in [3.05, 3.63) is 65.2 Å². The average Bonchev–Trinajstić information content (AvgIpc) is 2.47. The van der Waals surface area contributed by atoms with Gasteiger partial charge in [-0.15, -0.1) is 0 Å². The summed E-state index contributed by atoms with van der Waals surface area (Å²) < 4.78 is 0. The number of aromatic nitrogens is 2. The molecule has 0 radical (unpaired) electrons. The van der Waals surface area contributed by atoms with Crippen molar-refractivity contribution in [1.29, 1.82) is 0 Å². The van der Waals surface area contributed by atoms with Gasteiger partial charge in [-0.1, -0.05) is 12.1 Å². The van der Waals surface area contributed by atoms with Crippen molar-refractivity contribution in [3.63, 3.8) is 0 Å². The van der Waals surface area contributed by atoms with Gasteiger partial charge in [0.25, 0.3) is 0 Å². The molecule has 2 heterocycles. The Kier molecular flexibility index (Phi) is 4.77. The number of hydrogen-bond acceptors (Lipinski definition) is 3. The minimum Gasteiger partial charge on any atom is -0.261 e. The third kappa shape index (κ3) is 3.60. The van der Waals surface area contributed by atoms with Crippen molar-refractivity contribution in [2.24, 2.45) is 4.99 Å². The standard InChI is InChI=1S/C17H19N3/c1-4-16(18-5-2)17-11-14(8-9-19-17)10-15-7-6-13(3)20-12-15/h4-9,11-12H,10H2,1-3H3/b16-4-,18-5-. The van der Waals surface area contributed by atoms with E-state index in [1.807, 2.05) is 51.4 Å². The number of allylic oxidation sites excluding steroid dienone is 1. The van der Waals surface area contributed by atoms with E-state index in [9.17, 15) is 0 Å². The van der Waals surface area contributed by atoms with Gasteiger partial charge < -0.3 is 0 Å². The van der Waals surface area contributed by atoms with E-state index in [1.54, 1.807) is 6.21 Å². The summed E-state index contributed by atoms with van der Waals surface area (Å²) in [7, 11) is 0. The molecule has 2 aromatic rings. The first-order valence-corrected chi connectivity index (χ1v) is 6.74. The largest absolute Gasteiger partial charge is 0.261 e. The van der Waals surface area contributed by atoms with Crippen LogP contribution in [-0.4, -0.2) is 16.2 Å². The van der Waals surface area contributed by atoms with Crippen molar-refractivity contribution in [2.75, 3.05) is 0 Å². The van der Waals surface area contributed by atoms with Gasteiger partial charge in [-0.25, -0.2) is 0 Å². The van der Waals surface area contributed by atoms with E-state index in [2.05, 4.69) is 27.1 Å². The summed E-state index contributed by atoms with van der Waals surface area (Å²) in [4.78, 5) is 13.0. The molecule has 3 heteroatoms. The smallest absolute Gasteiger partial charge is 0.0885 e. The second kappa shape index (κ2) is 6.75. The Labute approximate surface area is 120 Å². The van der Waals surface area contributed by atoms with E-state index in [0.717, 1.165) is 23.5 Å². The second-order valence-electron chi connectivity index (χ2n) is 4.60. The summed E-state index contributed by atoms with van der Waals surface area (Å²) in [6, 6.07) is 8.27. The van der Waals surface area contributed by atoms with Crippen LogP contribution in [0.1, 0.15) is 36.4 Å². The fourth-order valence-corrected chi connectivity index (χ4v) is 1.99. The molecule has 102 valence electrons. The van der Waals surface area contributed by atoms with Gasteiger partial charge >= 0.3 is 0 Å². The number of aliphatic imine (C=N–C) groups is 1. The molecule has 20 heavy (non-hydrogen) atoms. The van der Waals surface area contributed by atoms with Gasteiger partial charge in [-0.3, -0.25) is 15.0 Å². The molecule has 0 aliphatic heterocycles. The highest BCUT2D eigenvalue weighted by Crippen LogP contribution is 2.16. The highest BCUT2D eigenvalue weighted by molar-refractivity contribution is 5.71. The summed E-state index contributed by atoms with van der Waals surface area (Å²) in [5, 5.41) is 0. The number of nitrogens with zero attached hydrogens (tertiary/aromatic N) is 3. The fourth-order valence-electron chi connectivity index (χ4n) is 1.99. The SMILES string of the molecule is C/C=N\C(=C/C)c1cc(Cc2ccc(C)nc2)ccn1. The lowest BCUT2D eigenvalue weighted by Gasteiger charge is -2.05. The van der Waals surface area contributed by atoms with Crippen molar-refractivity contribution >= 4 is 11.9 Å². The van der Waals surface area contributed by atoms with E-state index in [-0.39, 0.29) is 0 Å². The Morgan fingerprint density at radius 3 is 2.65 bits per heavy atom. The quantitative estimate of drug-likeness (QED) is 0.788.